The smallest absolute Gasteiger partial charge is 0.261 e. The molecule has 0 radical (unpaired) electrons. The Balaban J connectivity index is 1.22. The molecule has 7 heteroatoms. The van der Waals surface area contributed by atoms with E-state index in [1.54, 1.807) is 22.7 Å². The molecule has 0 fully saturated rings. The van der Waals surface area contributed by atoms with Crippen LogP contribution >= 0.6 is 22.7 Å². The van der Waals surface area contributed by atoms with Crippen LogP contribution in [0.5, 0.6) is 0 Å². The molecule has 0 bridgehead atoms. The van der Waals surface area contributed by atoms with Crippen LogP contribution < -0.4 is 0 Å². The normalized spacial score (nSPS) is 14.4. The van der Waals surface area contributed by atoms with Gasteiger partial charge in [0.25, 0.3) is 11.8 Å². The van der Waals surface area contributed by atoms with Crippen molar-refractivity contribution in [3.8, 4) is 0 Å². The number of carbonyl (C=O) groups excluding carboxylic acids is 2. The number of hydrogen-bond donors (Lipinski definition) is 0. The lowest BCUT2D eigenvalue weighted by molar-refractivity contribution is -0.124. The van der Waals surface area contributed by atoms with E-state index in [-0.39, 0.29) is 22.6 Å². The standard InChI is InChI=1S/C79H117N3O2S2/c1-11-15-19-23-27-29-31-33-37-41-57-80-74(72-73(77(80)84)75(70-53-54-71(86-70)79(8,9)10)81(76(72)83)58-42-38-34-32-30-28-24-20-16-12-2)69-52-49-64(85-69)48-45-61-46-50-65-66-51-47-62(55-56-78(5,6)7)60-68(66)82(67(65)59-61)63(43-39-35-25-21-17-13-3)44-40-36-26-22-18-14-4/h45-56,59-60,63H,11-44,57-58H2,1-10H3/b48-45+,56-55+. The third-order valence-corrected chi connectivity index (χ3v) is 20.9. The third-order valence-electron chi connectivity index (χ3n) is 18.3. The van der Waals surface area contributed by atoms with Crippen molar-refractivity contribution >= 4 is 85.9 Å². The first-order valence-corrected chi connectivity index (χ1v) is 37.1. The van der Waals surface area contributed by atoms with Gasteiger partial charge in [-0.05, 0) is 90.1 Å². The van der Waals surface area contributed by atoms with E-state index >= 15 is 9.59 Å². The first-order valence-electron chi connectivity index (χ1n) is 35.5. The van der Waals surface area contributed by atoms with Crippen LogP contribution in [0.4, 0.5) is 0 Å². The van der Waals surface area contributed by atoms with E-state index in [2.05, 4.69) is 159 Å². The van der Waals surface area contributed by atoms with E-state index in [1.165, 1.54) is 230 Å². The number of nitrogens with zero attached hydrogens (tertiary/aromatic N) is 3. The molecule has 3 aromatic heterocycles. The quantitative estimate of drug-likeness (QED) is 0.0366. The topological polar surface area (TPSA) is 45.6 Å². The summed E-state index contributed by atoms with van der Waals surface area (Å²) >= 11 is 3.48. The number of amides is 2. The van der Waals surface area contributed by atoms with Gasteiger partial charge in [-0.2, -0.15) is 0 Å². The molecule has 0 unspecified atom stereocenters. The second kappa shape index (κ2) is 35.7. The summed E-state index contributed by atoms with van der Waals surface area (Å²) in [6.45, 7) is 24.1. The Labute approximate surface area is 532 Å². The van der Waals surface area contributed by atoms with E-state index in [9.17, 15) is 0 Å². The van der Waals surface area contributed by atoms with Gasteiger partial charge in [0.2, 0.25) is 0 Å². The van der Waals surface area contributed by atoms with Crippen LogP contribution in [-0.4, -0.2) is 39.3 Å². The molecule has 86 heavy (non-hydrogen) atoms. The minimum atomic E-state index is -0.0369. The van der Waals surface area contributed by atoms with Crippen molar-refractivity contribution in [2.45, 2.75) is 299 Å². The number of aromatic nitrogens is 1. The van der Waals surface area contributed by atoms with E-state index in [0.717, 1.165) is 51.7 Å². The van der Waals surface area contributed by atoms with Crippen molar-refractivity contribution < 1.29 is 9.59 Å². The lowest BCUT2D eigenvalue weighted by atomic mass is 9.95. The van der Waals surface area contributed by atoms with Crippen LogP contribution in [0.3, 0.4) is 0 Å². The van der Waals surface area contributed by atoms with Crippen molar-refractivity contribution in [1.82, 2.24) is 14.4 Å². The summed E-state index contributed by atoms with van der Waals surface area (Å²) in [6.07, 6.45) is 52.2. The highest BCUT2D eigenvalue weighted by Gasteiger charge is 2.49. The van der Waals surface area contributed by atoms with Gasteiger partial charge in [-0.1, -0.05) is 304 Å². The van der Waals surface area contributed by atoms with Crippen LogP contribution in [0, 0.1) is 5.41 Å². The Morgan fingerprint density at radius 2 is 0.802 bits per heavy atom. The zero-order valence-electron chi connectivity index (χ0n) is 56.1. The van der Waals surface area contributed by atoms with Crippen molar-refractivity contribution in [1.29, 1.82) is 0 Å². The molecule has 0 atom stereocenters. The maximum atomic E-state index is 15.4. The average Bonchev–Trinajstić information content (AvgIpc) is 1.65. The summed E-state index contributed by atoms with van der Waals surface area (Å²) in [5.74, 6) is 0.00625. The molecule has 0 N–H and O–H groups in total. The second-order valence-corrected chi connectivity index (χ2v) is 30.3. The van der Waals surface area contributed by atoms with Crippen LogP contribution in [0.2, 0.25) is 0 Å². The van der Waals surface area contributed by atoms with Gasteiger partial charge < -0.3 is 14.4 Å². The van der Waals surface area contributed by atoms with E-state index in [0.29, 0.717) is 30.3 Å². The van der Waals surface area contributed by atoms with Crippen LogP contribution in [0.1, 0.15) is 324 Å². The molecule has 2 amide bonds. The molecule has 5 nitrogen and oxygen atoms in total. The van der Waals surface area contributed by atoms with Crippen molar-refractivity contribution in [3.05, 3.63) is 109 Å². The number of fused-ring (bicyclic) bond motifs is 4. The Kier molecular flexibility index (Phi) is 28.6. The van der Waals surface area contributed by atoms with Crippen molar-refractivity contribution in [2.24, 2.45) is 5.41 Å². The number of unbranched alkanes of at least 4 members (excludes halogenated alkanes) is 28. The Morgan fingerprint density at radius 3 is 1.21 bits per heavy atom. The molecular weight excluding hydrogens is 1090 g/mol. The summed E-state index contributed by atoms with van der Waals surface area (Å²) in [5.41, 5.74) is 8.15. The molecule has 0 spiro atoms. The summed E-state index contributed by atoms with van der Waals surface area (Å²) < 4.78 is 2.77. The Hall–Kier alpha value is -4.46. The van der Waals surface area contributed by atoms with Crippen LogP contribution in [0.25, 0.3) is 51.4 Å². The van der Waals surface area contributed by atoms with E-state index in [4.69, 9.17) is 0 Å². The highest BCUT2D eigenvalue weighted by atomic mass is 32.1. The first kappa shape index (κ1) is 69.0. The number of allylic oxidation sites excluding steroid dienone is 1. The third kappa shape index (κ3) is 20.0. The SMILES string of the molecule is CCCCCCCCCCCCN1C(=O)C2=C(c3ccc(C(C)(C)C)s3)N(CCCCCCCCCCCC)C(=O)C2=C1c1ccc(/C=C/c2ccc3c4ccc(/C=C/C(C)(C)C)cc4n(C(CCCCCCCC)CCCCCCCC)c3c2)s1. The largest absolute Gasteiger partial charge is 0.337 e. The maximum Gasteiger partial charge on any atom is 0.261 e. The zero-order chi connectivity index (χ0) is 61.3. The molecule has 0 saturated carbocycles. The molecular formula is C79H117N3O2S2. The molecule has 2 aliphatic heterocycles. The molecule has 0 saturated heterocycles. The minimum absolute atomic E-state index is 0.00313. The molecule has 0 aliphatic carbocycles. The number of benzene rings is 2. The second-order valence-electron chi connectivity index (χ2n) is 28.1. The first-order chi connectivity index (χ1) is 41.7. The fourth-order valence-electron chi connectivity index (χ4n) is 13.2. The van der Waals surface area contributed by atoms with Crippen molar-refractivity contribution in [2.75, 3.05) is 13.1 Å². The fraction of sp³-hybridized carbons (Fsp3) is 0.620. The predicted molar refractivity (Wildman–Crippen MR) is 380 cm³/mol. The number of hydrogen-bond acceptors (Lipinski definition) is 4. The Bertz CT molecular complexity index is 2980. The molecule has 2 aromatic carbocycles. The van der Waals surface area contributed by atoms with Gasteiger partial charge in [-0.25, -0.2) is 0 Å². The number of carbonyl (C=O) groups is 2. The van der Waals surface area contributed by atoms with Gasteiger partial charge in [0.15, 0.2) is 0 Å². The monoisotopic (exact) mass is 1200 g/mol. The predicted octanol–water partition coefficient (Wildman–Crippen LogP) is 25.1. The van der Waals surface area contributed by atoms with Gasteiger partial charge in [0.05, 0.1) is 32.3 Å². The summed E-state index contributed by atoms with van der Waals surface area (Å²) in [5, 5.41) is 2.68. The van der Waals surface area contributed by atoms with Crippen molar-refractivity contribution in [3.63, 3.8) is 0 Å². The zero-order valence-corrected chi connectivity index (χ0v) is 57.7. The van der Waals surface area contributed by atoms with Gasteiger partial charge in [0, 0.05) is 50.7 Å². The highest BCUT2D eigenvalue weighted by Crippen LogP contribution is 2.50. The molecule has 2 aliphatic rings. The maximum absolute atomic E-state index is 15.4. The van der Waals surface area contributed by atoms with E-state index in [1.807, 2.05) is 9.80 Å². The molecule has 5 heterocycles. The minimum Gasteiger partial charge on any atom is -0.337 e. The van der Waals surface area contributed by atoms with E-state index < -0.39 is 0 Å². The lowest BCUT2D eigenvalue weighted by Gasteiger charge is -2.24. The van der Waals surface area contributed by atoms with Crippen LogP contribution in [-0.2, 0) is 15.0 Å². The summed E-state index contributed by atoms with van der Waals surface area (Å²) in [4.78, 5) is 39.3. The van der Waals surface area contributed by atoms with Gasteiger partial charge in [-0.3, -0.25) is 9.59 Å². The highest BCUT2D eigenvalue weighted by molar-refractivity contribution is 7.14. The van der Waals surface area contributed by atoms with Gasteiger partial charge >= 0.3 is 0 Å². The average molecular weight is 1200 g/mol. The molecule has 5 aromatic rings. The number of rotatable bonds is 42. The van der Waals surface area contributed by atoms with Gasteiger partial charge in [0.1, 0.15) is 0 Å². The Morgan fingerprint density at radius 1 is 0.419 bits per heavy atom. The lowest BCUT2D eigenvalue weighted by Crippen LogP contribution is -2.30. The van der Waals surface area contributed by atoms with Crippen LogP contribution in [0.15, 0.2) is 77.9 Å². The molecule has 472 valence electrons. The summed E-state index contributed by atoms with van der Waals surface area (Å²) in [6, 6.07) is 23.6. The summed E-state index contributed by atoms with van der Waals surface area (Å²) in [7, 11) is 0. The van der Waals surface area contributed by atoms with Gasteiger partial charge in [-0.15, -0.1) is 22.7 Å². The fourth-order valence-corrected chi connectivity index (χ4v) is 15.3. The number of thiophene rings is 2. The molecule has 7 rings (SSSR count).